The summed E-state index contributed by atoms with van der Waals surface area (Å²) in [5.41, 5.74) is 2.53. The third-order valence-electron chi connectivity index (χ3n) is 2.31. The highest BCUT2D eigenvalue weighted by atomic mass is 16.2. The molecule has 0 aromatic carbocycles. The fourth-order valence-corrected chi connectivity index (χ4v) is 0.792. The van der Waals surface area contributed by atoms with Crippen LogP contribution in [0.5, 0.6) is 0 Å². The molecule has 0 rings (SSSR count). The largest absolute Gasteiger partial charge is 0.273 e. The van der Waals surface area contributed by atoms with E-state index in [0.29, 0.717) is 18.3 Å². The first kappa shape index (κ1) is 13.1. The van der Waals surface area contributed by atoms with E-state index in [1.165, 1.54) is 0 Å². The lowest BCUT2D eigenvalue weighted by Crippen LogP contribution is -2.18. The summed E-state index contributed by atoms with van der Waals surface area (Å²) in [5, 5.41) is 3.92. The Morgan fingerprint density at radius 3 is 2.57 bits per heavy atom. The number of rotatable bonds is 6. The minimum absolute atomic E-state index is 0.0130. The molecule has 1 atom stereocenters. The molecule has 0 radical (unpaired) electrons. The van der Waals surface area contributed by atoms with Crippen molar-refractivity contribution >= 4 is 12.1 Å². The lowest BCUT2D eigenvalue weighted by atomic mass is 10.00. The monoisotopic (exact) mass is 198 g/mol. The number of carbonyl (C=O) groups is 1. The lowest BCUT2D eigenvalue weighted by molar-refractivity contribution is -0.121. The second-order valence-electron chi connectivity index (χ2n) is 4.02. The highest BCUT2D eigenvalue weighted by molar-refractivity contribution is 5.76. The summed E-state index contributed by atoms with van der Waals surface area (Å²) in [6.07, 6.45) is 4.35. The van der Waals surface area contributed by atoms with Gasteiger partial charge in [0.15, 0.2) is 0 Å². The van der Waals surface area contributed by atoms with E-state index in [-0.39, 0.29) is 5.91 Å². The predicted octanol–water partition coefficient (Wildman–Crippen LogP) is 2.57. The van der Waals surface area contributed by atoms with Crippen LogP contribution in [0.25, 0.3) is 0 Å². The number of amides is 1. The summed E-state index contributed by atoms with van der Waals surface area (Å²) < 4.78 is 0. The average molecular weight is 198 g/mol. The molecule has 0 spiro atoms. The Morgan fingerprint density at radius 1 is 1.43 bits per heavy atom. The third-order valence-corrected chi connectivity index (χ3v) is 2.31. The Balaban J connectivity index is 3.65. The highest BCUT2D eigenvalue weighted by Crippen LogP contribution is 2.05. The number of hydrazone groups is 1. The molecule has 0 bridgehead atoms. The number of hydrogen-bond donors (Lipinski definition) is 1. The van der Waals surface area contributed by atoms with Gasteiger partial charge in [-0.15, -0.1) is 0 Å². The van der Waals surface area contributed by atoms with E-state index in [4.69, 9.17) is 0 Å². The van der Waals surface area contributed by atoms with Crippen LogP contribution in [-0.4, -0.2) is 12.1 Å². The van der Waals surface area contributed by atoms with Crippen molar-refractivity contribution in [2.45, 2.75) is 47.0 Å². The normalized spacial score (nSPS) is 13.5. The van der Waals surface area contributed by atoms with E-state index < -0.39 is 0 Å². The molecule has 0 aliphatic carbocycles. The summed E-state index contributed by atoms with van der Waals surface area (Å²) in [6.45, 7) is 8.43. The van der Waals surface area contributed by atoms with E-state index >= 15 is 0 Å². The van der Waals surface area contributed by atoms with Crippen LogP contribution in [0.4, 0.5) is 0 Å². The van der Waals surface area contributed by atoms with Crippen LogP contribution in [0.1, 0.15) is 47.0 Å². The van der Waals surface area contributed by atoms with E-state index in [9.17, 15) is 4.79 Å². The standard InChI is InChI=1S/C11H22N2O/c1-5-6-7-11(14)13-12-8-10(4)9(2)3/h8-10H,5-7H2,1-4H3,(H,13,14)/b12-8+/t10-/m0/s1. The third kappa shape index (κ3) is 6.63. The van der Waals surface area contributed by atoms with Crippen LogP contribution in [0, 0.1) is 11.8 Å². The molecule has 0 aliphatic rings. The molecule has 1 amide bonds. The van der Waals surface area contributed by atoms with Gasteiger partial charge in [-0.25, -0.2) is 5.43 Å². The first-order valence-corrected chi connectivity index (χ1v) is 5.40. The van der Waals surface area contributed by atoms with Crippen molar-refractivity contribution in [3.05, 3.63) is 0 Å². The molecule has 0 aromatic heterocycles. The van der Waals surface area contributed by atoms with Crippen LogP contribution in [0.15, 0.2) is 5.10 Å². The Kier molecular flexibility index (Phi) is 7.07. The molecule has 0 aliphatic heterocycles. The Hall–Kier alpha value is -0.860. The van der Waals surface area contributed by atoms with Gasteiger partial charge in [0.25, 0.3) is 0 Å². The fraction of sp³-hybridized carbons (Fsp3) is 0.818. The van der Waals surface area contributed by atoms with Gasteiger partial charge in [0.05, 0.1) is 0 Å². The van der Waals surface area contributed by atoms with E-state index in [0.717, 1.165) is 12.8 Å². The summed E-state index contributed by atoms with van der Waals surface area (Å²) in [7, 11) is 0. The average Bonchev–Trinajstić information content (AvgIpc) is 2.14. The van der Waals surface area contributed by atoms with E-state index in [1.807, 2.05) is 0 Å². The number of nitrogens with zero attached hydrogens (tertiary/aromatic N) is 1. The maximum absolute atomic E-state index is 11.1. The van der Waals surface area contributed by atoms with Gasteiger partial charge in [-0.3, -0.25) is 4.79 Å². The predicted molar refractivity (Wildman–Crippen MR) is 60.2 cm³/mol. The first-order valence-electron chi connectivity index (χ1n) is 5.40. The molecule has 14 heavy (non-hydrogen) atoms. The maximum Gasteiger partial charge on any atom is 0.240 e. The van der Waals surface area contributed by atoms with Crippen molar-refractivity contribution in [1.82, 2.24) is 5.43 Å². The minimum Gasteiger partial charge on any atom is -0.273 e. The van der Waals surface area contributed by atoms with Gasteiger partial charge in [0, 0.05) is 12.6 Å². The second-order valence-corrected chi connectivity index (χ2v) is 4.02. The van der Waals surface area contributed by atoms with Gasteiger partial charge < -0.3 is 0 Å². The Morgan fingerprint density at radius 2 is 2.07 bits per heavy atom. The van der Waals surface area contributed by atoms with Gasteiger partial charge in [-0.05, 0) is 18.3 Å². The van der Waals surface area contributed by atoms with Crippen LogP contribution in [0.2, 0.25) is 0 Å². The molecule has 3 nitrogen and oxygen atoms in total. The van der Waals surface area contributed by atoms with Crippen molar-refractivity contribution < 1.29 is 4.79 Å². The lowest BCUT2D eigenvalue weighted by Gasteiger charge is -2.08. The quantitative estimate of drug-likeness (QED) is 0.517. The van der Waals surface area contributed by atoms with Gasteiger partial charge in [-0.2, -0.15) is 5.10 Å². The molecular weight excluding hydrogens is 176 g/mol. The minimum atomic E-state index is 0.0130. The molecule has 0 fully saturated rings. The Bertz CT molecular complexity index is 188. The molecular formula is C11H22N2O. The van der Waals surface area contributed by atoms with Crippen LogP contribution >= 0.6 is 0 Å². The second kappa shape index (κ2) is 7.54. The summed E-state index contributed by atoms with van der Waals surface area (Å²) in [5.74, 6) is 0.979. The SMILES string of the molecule is CCCCC(=O)N/N=C/[C@H](C)C(C)C. The first-order chi connectivity index (χ1) is 6.57. The summed E-state index contributed by atoms with van der Waals surface area (Å²) in [4.78, 5) is 11.1. The van der Waals surface area contributed by atoms with Gasteiger partial charge >= 0.3 is 0 Å². The molecule has 0 saturated heterocycles. The fourth-order valence-electron chi connectivity index (χ4n) is 0.792. The van der Waals surface area contributed by atoms with Crippen molar-refractivity contribution in [3.63, 3.8) is 0 Å². The zero-order valence-corrected chi connectivity index (χ0v) is 9.71. The smallest absolute Gasteiger partial charge is 0.240 e. The zero-order valence-electron chi connectivity index (χ0n) is 9.71. The van der Waals surface area contributed by atoms with Crippen LogP contribution in [-0.2, 0) is 4.79 Å². The van der Waals surface area contributed by atoms with E-state index in [2.05, 4.69) is 38.2 Å². The maximum atomic E-state index is 11.1. The zero-order chi connectivity index (χ0) is 11.0. The summed E-state index contributed by atoms with van der Waals surface area (Å²) in [6, 6.07) is 0. The molecule has 0 aromatic rings. The number of carbonyl (C=O) groups excluding carboxylic acids is 1. The molecule has 0 heterocycles. The topological polar surface area (TPSA) is 41.5 Å². The molecule has 3 heteroatoms. The van der Waals surface area contributed by atoms with Crippen LogP contribution in [0.3, 0.4) is 0 Å². The van der Waals surface area contributed by atoms with Crippen molar-refractivity contribution in [2.75, 3.05) is 0 Å². The molecule has 82 valence electrons. The van der Waals surface area contributed by atoms with Crippen molar-refractivity contribution in [1.29, 1.82) is 0 Å². The Labute approximate surface area is 87.0 Å². The molecule has 1 N–H and O–H groups in total. The van der Waals surface area contributed by atoms with Crippen molar-refractivity contribution in [3.8, 4) is 0 Å². The number of hydrogen-bond acceptors (Lipinski definition) is 2. The number of nitrogens with one attached hydrogen (secondary N) is 1. The van der Waals surface area contributed by atoms with Crippen molar-refractivity contribution in [2.24, 2.45) is 16.9 Å². The molecule has 0 unspecified atom stereocenters. The highest BCUT2D eigenvalue weighted by Gasteiger charge is 2.03. The van der Waals surface area contributed by atoms with Crippen LogP contribution < -0.4 is 5.43 Å². The van der Waals surface area contributed by atoms with Gasteiger partial charge in [0.1, 0.15) is 0 Å². The number of unbranched alkanes of at least 4 members (excludes halogenated alkanes) is 1. The molecule has 0 saturated carbocycles. The van der Waals surface area contributed by atoms with Gasteiger partial charge in [-0.1, -0.05) is 34.1 Å². The van der Waals surface area contributed by atoms with Gasteiger partial charge in [0.2, 0.25) is 5.91 Å². The summed E-state index contributed by atoms with van der Waals surface area (Å²) >= 11 is 0. The van der Waals surface area contributed by atoms with E-state index in [1.54, 1.807) is 6.21 Å².